The lowest BCUT2D eigenvalue weighted by Gasteiger charge is -2.32. The van der Waals surface area contributed by atoms with Crippen molar-refractivity contribution in [2.75, 3.05) is 38.6 Å². The second-order valence-corrected chi connectivity index (χ2v) is 5.55. The molecule has 0 aliphatic carbocycles. The average molecular weight is 281 g/mol. The molecule has 1 heterocycles. The molecule has 1 fully saturated rings. The van der Waals surface area contributed by atoms with Crippen molar-refractivity contribution < 1.29 is 9.31 Å². The van der Waals surface area contributed by atoms with Crippen LogP contribution in [-0.4, -0.2) is 43.6 Å². The van der Waals surface area contributed by atoms with Gasteiger partial charge in [0, 0.05) is 25.3 Å². The van der Waals surface area contributed by atoms with Crippen LogP contribution < -0.4 is 4.90 Å². The van der Waals surface area contributed by atoms with Crippen LogP contribution in [0.1, 0.15) is 12.8 Å². The molecule has 110 valence electrons. The van der Waals surface area contributed by atoms with Gasteiger partial charge in [-0.1, -0.05) is 0 Å². The summed E-state index contributed by atoms with van der Waals surface area (Å²) >= 11 is 0. The monoisotopic (exact) mass is 281 g/mol. The lowest BCUT2D eigenvalue weighted by atomic mass is 9.96. The minimum absolute atomic E-state index is 0.199. The molecule has 0 saturated carbocycles. The summed E-state index contributed by atoms with van der Waals surface area (Å²) in [6.07, 6.45) is 2.22. The predicted octanol–water partition coefficient (Wildman–Crippen LogP) is 2.51. The Labute approximate surface area is 118 Å². The molecule has 1 aliphatic heterocycles. The molecule has 1 aromatic carbocycles. The van der Waals surface area contributed by atoms with E-state index in [2.05, 4.69) is 11.9 Å². The van der Waals surface area contributed by atoms with E-state index in [-0.39, 0.29) is 5.69 Å². The number of nitrogens with zero attached hydrogens (tertiary/aromatic N) is 3. The number of hydrogen-bond acceptors (Lipinski definition) is 4. The first-order valence-corrected chi connectivity index (χ1v) is 6.80. The van der Waals surface area contributed by atoms with Crippen LogP contribution in [0.25, 0.3) is 0 Å². The van der Waals surface area contributed by atoms with Crippen LogP contribution in [0.15, 0.2) is 18.2 Å². The zero-order chi connectivity index (χ0) is 14.7. The summed E-state index contributed by atoms with van der Waals surface area (Å²) in [4.78, 5) is 14.4. The number of anilines is 1. The van der Waals surface area contributed by atoms with Gasteiger partial charge < -0.3 is 9.80 Å². The Kier molecular flexibility index (Phi) is 4.54. The molecule has 0 unspecified atom stereocenters. The number of benzene rings is 1. The van der Waals surface area contributed by atoms with Crippen molar-refractivity contribution in [3.63, 3.8) is 0 Å². The van der Waals surface area contributed by atoms with Gasteiger partial charge in [-0.3, -0.25) is 10.1 Å². The minimum Gasteiger partial charge on any atom is -0.374 e. The number of nitro groups is 1. The van der Waals surface area contributed by atoms with Gasteiger partial charge in [-0.05, 0) is 45.0 Å². The van der Waals surface area contributed by atoms with Gasteiger partial charge in [-0.2, -0.15) is 0 Å². The number of halogens is 1. The van der Waals surface area contributed by atoms with Gasteiger partial charge >= 0.3 is 0 Å². The molecule has 0 atom stereocenters. The molecule has 0 amide bonds. The smallest absolute Gasteiger partial charge is 0.274 e. The Hall–Kier alpha value is -1.69. The maximum atomic E-state index is 13.4. The minimum atomic E-state index is -0.565. The number of piperidine rings is 1. The first-order chi connectivity index (χ1) is 9.45. The van der Waals surface area contributed by atoms with E-state index in [0.717, 1.165) is 38.5 Å². The molecular weight excluding hydrogens is 261 g/mol. The topological polar surface area (TPSA) is 49.6 Å². The van der Waals surface area contributed by atoms with Crippen LogP contribution in [0.4, 0.5) is 15.8 Å². The third-order valence-electron chi connectivity index (χ3n) is 3.89. The summed E-state index contributed by atoms with van der Waals surface area (Å²) in [5.41, 5.74) is 0.367. The molecule has 1 saturated heterocycles. The van der Waals surface area contributed by atoms with Crippen LogP contribution in [-0.2, 0) is 0 Å². The van der Waals surface area contributed by atoms with E-state index in [0.29, 0.717) is 11.6 Å². The van der Waals surface area contributed by atoms with Crippen LogP contribution in [0, 0.1) is 21.8 Å². The van der Waals surface area contributed by atoms with Gasteiger partial charge in [-0.15, -0.1) is 0 Å². The summed E-state index contributed by atoms with van der Waals surface area (Å²) in [5, 5.41) is 10.8. The Morgan fingerprint density at radius 2 is 2.05 bits per heavy atom. The van der Waals surface area contributed by atoms with Crippen LogP contribution in [0.3, 0.4) is 0 Å². The fraction of sp³-hybridized carbons (Fsp3) is 0.571. The van der Waals surface area contributed by atoms with E-state index in [4.69, 9.17) is 0 Å². The Morgan fingerprint density at radius 3 is 2.65 bits per heavy atom. The molecule has 2 rings (SSSR count). The van der Waals surface area contributed by atoms with Crippen molar-refractivity contribution >= 4 is 11.4 Å². The summed E-state index contributed by atoms with van der Waals surface area (Å²) in [6.45, 7) is 2.94. The standard InChI is InChI=1S/C14H20FN3O2/c1-16-5-3-11(4-6-16)10-17(2)13-7-12(15)8-14(9-13)18(19)20/h7-9,11H,3-6,10H2,1-2H3. The molecule has 1 aliphatic rings. The van der Waals surface area contributed by atoms with Gasteiger partial charge in [-0.25, -0.2) is 4.39 Å². The van der Waals surface area contributed by atoms with Gasteiger partial charge in [0.2, 0.25) is 0 Å². The maximum absolute atomic E-state index is 13.4. The molecule has 6 heteroatoms. The third-order valence-corrected chi connectivity index (χ3v) is 3.89. The molecule has 1 aromatic rings. The average Bonchev–Trinajstić information content (AvgIpc) is 2.40. The van der Waals surface area contributed by atoms with E-state index in [1.165, 1.54) is 12.1 Å². The lowest BCUT2D eigenvalue weighted by Crippen LogP contribution is -2.35. The second-order valence-electron chi connectivity index (χ2n) is 5.55. The summed E-state index contributed by atoms with van der Waals surface area (Å²) in [7, 11) is 3.96. The SMILES string of the molecule is CN1CCC(CN(C)c2cc(F)cc([N+](=O)[O-])c2)CC1. The first-order valence-electron chi connectivity index (χ1n) is 6.80. The molecule has 5 nitrogen and oxygen atoms in total. The highest BCUT2D eigenvalue weighted by molar-refractivity contribution is 5.53. The molecule has 0 radical (unpaired) electrons. The summed E-state index contributed by atoms with van der Waals surface area (Å²) in [5.74, 6) is -0.0112. The zero-order valence-electron chi connectivity index (χ0n) is 11.9. The Balaban J connectivity index is 2.05. The quantitative estimate of drug-likeness (QED) is 0.628. The number of likely N-dealkylation sites (tertiary alicyclic amines) is 1. The highest BCUT2D eigenvalue weighted by Gasteiger charge is 2.19. The van der Waals surface area contributed by atoms with Crippen LogP contribution >= 0.6 is 0 Å². The predicted molar refractivity (Wildman–Crippen MR) is 76.5 cm³/mol. The molecule has 0 spiro atoms. The Morgan fingerprint density at radius 1 is 1.40 bits per heavy atom. The lowest BCUT2D eigenvalue weighted by molar-refractivity contribution is -0.385. The Bertz CT molecular complexity index is 487. The summed E-state index contributed by atoms with van der Waals surface area (Å²) < 4.78 is 13.4. The van der Waals surface area contributed by atoms with Gasteiger partial charge in [0.1, 0.15) is 5.82 Å². The number of rotatable bonds is 4. The van der Waals surface area contributed by atoms with Crippen molar-refractivity contribution in [2.24, 2.45) is 5.92 Å². The van der Waals surface area contributed by atoms with Crippen molar-refractivity contribution in [2.45, 2.75) is 12.8 Å². The molecule has 0 bridgehead atoms. The van der Waals surface area contributed by atoms with Gasteiger partial charge in [0.25, 0.3) is 5.69 Å². The molecule has 0 N–H and O–H groups in total. The maximum Gasteiger partial charge on any atom is 0.274 e. The van der Waals surface area contributed by atoms with Crippen LogP contribution in [0.5, 0.6) is 0 Å². The zero-order valence-corrected chi connectivity index (χ0v) is 11.9. The normalized spacial score (nSPS) is 17.1. The highest BCUT2D eigenvalue weighted by atomic mass is 19.1. The van der Waals surface area contributed by atoms with Gasteiger partial charge in [0.05, 0.1) is 11.0 Å². The summed E-state index contributed by atoms with van der Waals surface area (Å²) in [6, 6.07) is 3.73. The molecule has 0 aromatic heterocycles. The van der Waals surface area contributed by atoms with Crippen molar-refractivity contribution in [1.82, 2.24) is 4.90 Å². The van der Waals surface area contributed by atoms with E-state index < -0.39 is 10.7 Å². The number of non-ortho nitro benzene ring substituents is 1. The van der Waals surface area contributed by atoms with Crippen molar-refractivity contribution in [3.05, 3.63) is 34.1 Å². The van der Waals surface area contributed by atoms with E-state index >= 15 is 0 Å². The first kappa shape index (κ1) is 14.7. The molecular formula is C14H20FN3O2. The fourth-order valence-electron chi connectivity index (χ4n) is 2.62. The molecule has 20 heavy (non-hydrogen) atoms. The number of nitro benzene ring substituents is 1. The van der Waals surface area contributed by atoms with E-state index in [1.807, 2.05) is 11.9 Å². The van der Waals surface area contributed by atoms with Gasteiger partial charge in [0.15, 0.2) is 0 Å². The van der Waals surface area contributed by atoms with Crippen molar-refractivity contribution in [1.29, 1.82) is 0 Å². The number of hydrogen-bond donors (Lipinski definition) is 0. The largest absolute Gasteiger partial charge is 0.374 e. The van der Waals surface area contributed by atoms with E-state index in [9.17, 15) is 14.5 Å². The highest BCUT2D eigenvalue weighted by Crippen LogP contribution is 2.25. The second kappa shape index (κ2) is 6.17. The van der Waals surface area contributed by atoms with E-state index in [1.54, 1.807) is 0 Å². The van der Waals surface area contributed by atoms with Crippen LogP contribution in [0.2, 0.25) is 0 Å². The fourth-order valence-corrected chi connectivity index (χ4v) is 2.62. The van der Waals surface area contributed by atoms with Crippen molar-refractivity contribution in [3.8, 4) is 0 Å². The third kappa shape index (κ3) is 3.66.